The maximum atomic E-state index is 12.3. The maximum absolute atomic E-state index is 12.3. The van der Waals surface area contributed by atoms with Gasteiger partial charge in [-0.2, -0.15) is 11.8 Å². The zero-order valence-electron chi connectivity index (χ0n) is 10.6. The van der Waals surface area contributed by atoms with Crippen LogP contribution >= 0.6 is 11.8 Å². The molecule has 3 aliphatic heterocycles. The Morgan fingerprint density at radius 2 is 2.11 bits per heavy atom. The summed E-state index contributed by atoms with van der Waals surface area (Å²) in [6.45, 7) is 1.96. The summed E-state index contributed by atoms with van der Waals surface area (Å²) in [5.74, 6) is 2.65. The lowest BCUT2D eigenvalue weighted by molar-refractivity contribution is -0.141. The fraction of sp³-hybridized carbons (Fsp3) is 0.923. The van der Waals surface area contributed by atoms with Crippen molar-refractivity contribution in [2.45, 2.75) is 37.6 Å². The fourth-order valence-corrected chi connectivity index (χ4v) is 4.40. The van der Waals surface area contributed by atoms with Crippen LogP contribution in [-0.2, 0) is 19.0 Å². The third-order valence-electron chi connectivity index (χ3n) is 4.07. The van der Waals surface area contributed by atoms with Crippen molar-refractivity contribution in [3.63, 3.8) is 0 Å². The van der Waals surface area contributed by atoms with Crippen LogP contribution in [0.1, 0.15) is 25.7 Å². The largest absolute Gasteiger partial charge is 0.374 e. The van der Waals surface area contributed by atoms with E-state index in [1.54, 1.807) is 0 Å². The van der Waals surface area contributed by atoms with E-state index in [0.717, 1.165) is 37.4 Å². The first-order chi connectivity index (χ1) is 8.77. The van der Waals surface area contributed by atoms with Gasteiger partial charge in [-0.15, -0.1) is 0 Å². The van der Waals surface area contributed by atoms with Gasteiger partial charge in [0.1, 0.15) is 5.78 Å². The van der Waals surface area contributed by atoms with Crippen molar-refractivity contribution in [2.24, 2.45) is 5.92 Å². The Kier molecular flexibility index (Phi) is 3.94. The van der Waals surface area contributed by atoms with Crippen LogP contribution in [0.15, 0.2) is 0 Å². The molecule has 0 bridgehead atoms. The summed E-state index contributed by atoms with van der Waals surface area (Å²) in [6.07, 6.45) is 2.96. The summed E-state index contributed by atoms with van der Waals surface area (Å²) in [5, 5.41) is 0. The van der Waals surface area contributed by atoms with Gasteiger partial charge in [0.2, 0.25) is 0 Å². The number of hydrogen-bond acceptors (Lipinski definition) is 5. The monoisotopic (exact) mass is 272 g/mol. The summed E-state index contributed by atoms with van der Waals surface area (Å²) >= 11 is 1.94. The van der Waals surface area contributed by atoms with Crippen LogP contribution in [0.3, 0.4) is 0 Å². The highest BCUT2D eigenvalue weighted by atomic mass is 32.2. The molecule has 0 saturated carbocycles. The predicted octanol–water partition coefficient (Wildman–Crippen LogP) is 1.62. The van der Waals surface area contributed by atoms with Crippen LogP contribution in [0.4, 0.5) is 0 Å². The van der Waals surface area contributed by atoms with Gasteiger partial charge in [0.15, 0.2) is 6.29 Å². The van der Waals surface area contributed by atoms with Crippen molar-refractivity contribution in [3.8, 4) is 0 Å². The highest BCUT2D eigenvalue weighted by Crippen LogP contribution is 2.41. The lowest BCUT2D eigenvalue weighted by Crippen LogP contribution is -2.42. The zero-order chi connectivity index (χ0) is 12.4. The van der Waals surface area contributed by atoms with Gasteiger partial charge >= 0.3 is 0 Å². The molecule has 5 heteroatoms. The zero-order valence-corrected chi connectivity index (χ0v) is 11.4. The van der Waals surface area contributed by atoms with E-state index in [4.69, 9.17) is 14.2 Å². The second-order valence-corrected chi connectivity index (χ2v) is 6.47. The van der Waals surface area contributed by atoms with Crippen LogP contribution in [0.2, 0.25) is 0 Å². The second kappa shape index (κ2) is 5.49. The number of Topliss-reactive ketones (excluding diaryl/α,β-unsaturated/α-hetero) is 1. The molecule has 3 rings (SSSR count). The van der Waals surface area contributed by atoms with E-state index in [-0.39, 0.29) is 17.8 Å². The van der Waals surface area contributed by atoms with Gasteiger partial charge in [0.25, 0.3) is 0 Å². The van der Waals surface area contributed by atoms with Crippen molar-refractivity contribution >= 4 is 17.5 Å². The molecule has 3 fully saturated rings. The number of rotatable bonds is 3. The summed E-state index contributed by atoms with van der Waals surface area (Å²) in [6, 6.07) is 0. The van der Waals surface area contributed by atoms with E-state index in [2.05, 4.69) is 0 Å². The third kappa shape index (κ3) is 2.74. The van der Waals surface area contributed by atoms with Crippen LogP contribution < -0.4 is 0 Å². The first-order valence-electron chi connectivity index (χ1n) is 6.75. The molecule has 0 aromatic rings. The minimum atomic E-state index is -0.297. The highest BCUT2D eigenvalue weighted by molar-refractivity contribution is 7.99. The van der Waals surface area contributed by atoms with E-state index < -0.39 is 0 Å². The van der Waals surface area contributed by atoms with E-state index in [0.29, 0.717) is 25.4 Å². The number of ketones is 1. The Hall–Kier alpha value is -0.100. The summed E-state index contributed by atoms with van der Waals surface area (Å²) in [4.78, 5) is 12.3. The molecule has 18 heavy (non-hydrogen) atoms. The van der Waals surface area contributed by atoms with Gasteiger partial charge in [-0.1, -0.05) is 0 Å². The quantitative estimate of drug-likeness (QED) is 0.781. The van der Waals surface area contributed by atoms with Gasteiger partial charge in [-0.25, -0.2) is 0 Å². The molecule has 2 unspecified atom stereocenters. The highest BCUT2D eigenvalue weighted by Gasteiger charge is 2.42. The Morgan fingerprint density at radius 3 is 2.83 bits per heavy atom. The van der Waals surface area contributed by atoms with Gasteiger partial charge < -0.3 is 14.2 Å². The van der Waals surface area contributed by atoms with E-state index in [1.165, 1.54) is 0 Å². The standard InChI is InChI=1S/C13H20O4S/c14-11(7-12-15-4-5-16-12)10-1-3-17-13(8-10)2-6-18-9-13/h10,12H,1-9H2. The molecule has 2 atom stereocenters. The first-order valence-corrected chi connectivity index (χ1v) is 7.91. The summed E-state index contributed by atoms with van der Waals surface area (Å²) < 4.78 is 16.6. The molecule has 4 nitrogen and oxygen atoms in total. The van der Waals surface area contributed by atoms with Crippen molar-refractivity contribution in [2.75, 3.05) is 31.3 Å². The molecular formula is C13H20O4S. The SMILES string of the molecule is O=C(CC1OCCO1)C1CCOC2(CCSC2)C1. The molecule has 3 aliphatic rings. The molecule has 0 amide bonds. The van der Waals surface area contributed by atoms with Gasteiger partial charge in [-0.3, -0.25) is 4.79 Å². The van der Waals surface area contributed by atoms with Crippen molar-refractivity contribution < 1.29 is 19.0 Å². The fourth-order valence-electron chi connectivity index (χ4n) is 3.02. The van der Waals surface area contributed by atoms with E-state index >= 15 is 0 Å². The summed E-state index contributed by atoms with van der Waals surface area (Å²) in [5.41, 5.74) is -0.0133. The van der Waals surface area contributed by atoms with Crippen molar-refractivity contribution in [1.29, 1.82) is 0 Å². The molecule has 0 aromatic heterocycles. The van der Waals surface area contributed by atoms with Crippen LogP contribution in [0.5, 0.6) is 0 Å². The Bertz CT molecular complexity index is 308. The molecule has 1 spiro atoms. The molecule has 3 saturated heterocycles. The lowest BCUT2D eigenvalue weighted by atomic mass is 9.82. The van der Waals surface area contributed by atoms with Crippen LogP contribution in [-0.4, -0.2) is 49.0 Å². The Labute approximate surface area is 112 Å². The number of carbonyl (C=O) groups is 1. The Balaban J connectivity index is 1.56. The number of hydrogen-bond donors (Lipinski definition) is 0. The normalized spacial score (nSPS) is 37.4. The van der Waals surface area contributed by atoms with Crippen molar-refractivity contribution in [1.82, 2.24) is 0 Å². The van der Waals surface area contributed by atoms with Crippen LogP contribution in [0.25, 0.3) is 0 Å². The minimum absolute atomic E-state index is 0.0133. The average molecular weight is 272 g/mol. The molecule has 0 aromatic carbocycles. The molecule has 0 N–H and O–H groups in total. The lowest BCUT2D eigenvalue weighted by Gasteiger charge is -2.37. The number of carbonyl (C=O) groups excluding carboxylic acids is 1. The number of ether oxygens (including phenoxy) is 3. The van der Waals surface area contributed by atoms with Crippen molar-refractivity contribution in [3.05, 3.63) is 0 Å². The summed E-state index contributed by atoms with van der Waals surface area (Å²) in [7, 11) is 0. The molecule has 3 heterocycles. The van der Waals surface area contributed by atoms with Gasteiger partial charge in [0.05, 0.1) is 25.2 Å². The van der Waals surface area contributed by atoms with E-state index in [9.17, 15) is 4.79 Å². The second-order valence-electron chi connectivity index (χ2n) is 5.37. The minimum Gasteiger partial charge on any atom is -0.374 e. The van der Waals surface area contributed by atoms with Gasteiger partial charge in [-0.05, 0) is 25.0 Å². The predicted molar refractivity (Wildman–Crippen MR) is 68.7 cm³/mol. The Morgan fingerprint density at radius 1 is 1.28 bits per heavy atom. The molecular weight excluding hydrogens is 252 g/mol. The molecule has 102 valence electrons. The number of thioether (sulfide) groups is 1. The molecule has 0 radical (unpaired) electrons. The average Bonchev–Trinajstić information content (AvgIpc) is 3.02. The topological polar surface area (TPSA) is 44.8 Å². The first kappa shape index (κ1) is 12.9. The van der Waals surface area contributed by atoms with E-state index in [1.807, 2.05) is 11.8 Å². The van der Waals surface area contributed by atoms with Crippen LogP contribution in [0, 0.1) is 5.92 Å². The maximum Gasteiger partial charge on any atom is 0.164 e. The third-order valence-corrected chi connectivity index (χ3v) is 5.30. The smallest absolute Gasteiger partial charge is 0.164 e. The molecule has 0 aliphatic carbocycles. The van der Waals surface area contributed by atoms with Gasteiger partial charge in [0, 0.05) is 18.3 Å².